The number of carbonyl (C=O) groups excluding carboxylic acids is 3. The zero-order chi connectivity index (χ0) is 25.9. The third-order valence-corrected chi connectivity index (χ3v) is 5.29. The molecule has 34 heavy (non-hydrogen) atoms. The molecular formula is C25H39N3O5S. The first kappa shape index (κ1) is 29.5. The summed E-state index contributed by atoms with van der Waals surface area (Å²) in [4.78, 5) is 40.6. The van der Waals surface area contributed by atoms with Gasteiger partial charge in [-0.1, -0.05) is 44.2 Å². The minimum Gasteiger partial charge on any atom is -0.444 e. The van der Waals surface area contributed by atoms with Gasteiger partial charge in [0.05, 0.1) is 6.61 Å². The zero-order valence-corrected chi connectivity index (χ0v) is 21.7. The van der Waals surface area contributed by atoms with Gasteiger partial charge in [-0.25, -0.2) is 4.79 Å². The summed E-state index contributed by atoms with van der Waals surface area (Å²) < 4.78 is 5.27. The van der Waals surface area contributed by atoms with Gasteiger partial charge < -0.3 is 25.4 Å². The van der Waals surface area contributed by atoms with Crippen molar-refractivity contribution < 1.29 is 24.2 Å². The lowest BCUT2D eigenvalue weighted by Gasteiger charge is -2.34. The van der Waals surface area contributed by atoms with Crippen LogP contribution in [0.25, 0.3) is 6.08 Å². The second kappa shape index (κ2) is 14.0. The van der Waals surface area contributed by atoms with Gasteiger partial charge in [0.25, 0.3) is 0 Å². The van der Waals surface area contributed by atoms with Crippen LogP contribution in [0.2, 0.25) is 0 Å². The molecule has 1 rings (SSSR count). The maximum atomic E-state index is 13.5. The third kappa shape index (κ3) is 9.38. The normalized spacial score (nSPS) is 13.9. The van der Waals surface area contributed by atoms with Crippen molar-refractivity contribution in [1.82, 2.24) is 15.5 Å². The Morgan fingerprint density at radius 2 is 1.94 bits per heavy atom. The van der Waals surface area contributed by atoms with E-state index in [1.165, 1.54) is 4.90 Å². The molecule has 3 N–H and O–H groups in total. The Morgan fingerprint density at radius 3 is 2.47 bits per heavy atom. The quantitative estimate of drug-likeness (QED) is 0.334. The summed E-state index contributed by atoms with van der Waals surface area (Å²) in [6, 6.07) is 4.95. The fraction of sp³-hybridized carbons (Fsp3) is 0.560. The number of nitrogens with one attached hydrogen (secondary N) is 2. The fourth-order valence-electron chi connectivity index (χ4n) is 3.47. The van der Waals surface area contributed by atoms with Gasteiger partial charge in [-0.2, -0.15) is 12.6 Å². The molecule has 0 heterocycles. The molecule has 0 radical (unpaired) electrons. The molecule has 3 atom stereocenters. The summed E-state index contributed by atoms with van der Waals surface area (Å²) in [7, 11) is 0. The van der Waals surface area contributed by atoms with Gasteiger partial charge in [-0.3, -0.25) is 9.59 Å². The molecule has 0 spiro atoms. The van der Waals surface area contributed by atoms with Crippen LogP contribution < -0.4 is 10.6 Å². The monoisotopic (exact) mass is 493 g/mol. The van der Waals surface area contributed by atoms with E-state index in [0.717, 1.165) is 18.4 Å². The largest absolute Gasteiger partial charge is 0.444 e. The summed E-state index contributed by atoms with van der Waals surface area (Å²) >= 11 is 4.23. The lowest BCUT2D eigenvalue weighted by atomic mass is 10.00. The van der Waals surface area contributed by atoms with Crippen LogP contribution in [0.4, 0.5) is 4.79 Å². The number of hydrogen-bond acceptors (Lipinski definition) is 6. The Morgan fingerprint density at radius 1 is 1.26 bits per heavy atom. The van der Waals surface area contributed by atoms with Gasteiger partial charge in [0.2, 0.25) is 11.8 Å². The molecule has 8 nitrogen and oxygen atoms in total. The highest BCUT2D eigenvalue weighted by atomic mass is 32.1. The highest BCUT2D eigenvalue weighted by molar-refractivity contribution is 7.80. The molecule has 0 saturated heterocycles. The van der Waals surface area contributed by atoms with E-state index in [1.54, 1.807) is 45.0 Å². The summed E-state index contributed by atoms with van der Waals surface area (Å²) in [5, 5.41) is 15.2. The molecule has 0 aliphatic heterocycles. The van der Waals surface area contributed by atoms with E-state index < -0.39 is 29.7 Å². The summed E-state index contributed by atoms with van der Waals surface area (Å²) in [5.41, 5.74) is 0.601. The predicted molar refractivity (Wildman–Crippen MR) is 138 cm³/mol. The van der Waals surface area contributed by atoms with Crippen LogP contribution in [-0.4, -0.2) is 64.5 Å². The number of thiol groups is 1. The van der Waals surface area contributed by atoms with Crippen molar-refractivity contribution in [3.05, 3.63) is 42.0 Å². The third-order valence-electron chi connectivity index (χ3n) is 4.93. The van der Waals surface area contributed by atoms with Crippen LogP contribution >= 0.6 is 12.6 Å². The molecule has 0 bridgehead atoms. The Labute approximate surface area is 208 Å². The number of rotatable bonds is 12. The van der Waals surface area contributed by atoms with Gasteiger partial charge in [0, 0.05) is 18.3 Å². The minimum atomic E-state index is -1.06. The van der Waals surface area contributed by atoms with Gasteiger partial charge in [0.1, 0.15) is 17.7 Å². The second-order valence-electron chi connectivity index (χ2n) is 9.11. The van der Waals surface area contributed by atoms with Crippen molar-refractivity contribution in [1.29, 1.82) is 0 Å². The topological polar surface area (TPSA) is 108 Å². The lowest BCUT2D eigenvalue weighted by molar-refractivity contribution is -0.142. The van der Waals surface area contributed by atoms with Crippen LogP contribution in [0.5, 0.6) is 0 Å². The van der Waals surface area contributed by atoms with Crippen molar-refractivity contribution in [3.8, 4) is 0 Å². The van der Waals surface area contributed by atoms with Crippen molar-refractivity contribution in [2.45, 2.75) is 71.2 Å². The number of ether oxygens (including phenoxy) is 1. The van der Waals surface area contributed by atoms with Gasteiger partial charge in [-0.15, -0.1) is 0 Å². The smallest absolute Gasteiger partial charge is 0.408 e. The van der Waals surface area contributed by atoms with E-state index in [4.69, 9.17) is 4.74 Å². The van der Waals surface area contributed by atoms with Gasteiger partial charge >= 0.3 is 6.09 Å². The molecule has 190 valence electrons. The number of aliphatic hydroxyl groups excluding tert-OH is 1. The lowest BCUT2D eigenvalue weighted by Crippen LogP contribution is -2.55. The van der Waals surface area contributed by atoms with Gasteiger partial charge in [-0.05, 0) is 51.3 Å². The molecule has 1 aromatic carbocycles. The van der Waals surface area contributed by atoms with Gasteiger partial charge in [0.15, 0.2) is 0 Å². The van der Waals surface area contributed by atoms with Crippen molar-refractivity contribution >= 4 is 36.6 Å². The highest BCUT2D eigenvalue weighted by Gasteiger charge is 2.36. The second-order valence-corrected chi connectivity index (χ2v) is 9.48. The zero-order valence-electron chi connectivity index (χ0n) is 20.8. The van der Waals surface area contributed by atoms with E-state index in [1.807, 2.05) is 19.9 Å². The molecule has 3 amide bonds. The average Bonchev–Trinajstić information content (AvgIpc) is 2.75. The van der Waals surface area contributed by atoms with Crippen molar-refractivity contribution in [3.63, 3.8) is 0 Å². The van der Waals surface area contributed by atoms with E-state index in [-0.39, 0.29) is 30.9 Å². The predicted octanol–water partition coefficient (Wildman–Crippen LogP) is 3.32. The number of amides is 3. The first-order valence-corrected chi connectivity index (χ1v) is 12.1. The van der Waals surface area contributed by atoms with Crippen LogP contribution in [-0.2, 0) is 14.3 Å². The molecule has 0 saturated carbocycles. The van der Waals surface area contributed by atoms with Crippen LogP contribution in [0.15, 0.2) is 30.8 Å². The first-order valence-electron chi connectivity index (χ1n) is 11.5. The molecule has 3 unspecified atom stereocenters. The molecule has 0 aliphatic rings. The first-order chi connectivity index (χ1) is 16.0. The van der Waals surface area contributed by atoms with E-state index in [2.05, 4.69) is 29.8 Å². The Hall–Kier alpha value is -2.52. The molecule has 1 aromatic rings. The highest BCUT2D eigenvalue weighted by Crippen LogP contribution is 2.24. The summed E-state index contributed by atoms with van der Waals surface area (Å²) in [6.45, 7) is 12.4. The number of alkyl carbamates (subject to hydrolysis) is 1. The van der Waals surface area contributed by atoms with Crippen molar-refractivity contribution in [2.75, 3.05) is 18.9 Å². The van der Waals surface area contributed by atoms with Crippen molar-refractivity contribution in [2.24, 2.45) is 0 Å². The standard InChI is InChI=1S/C25H39N3O5S/c1-7-10-17(3)26-22(30)21(19-12-9-11-18(8-2)15-19)28(13-14-29)23(31)20(16-34)27-24(32)33-25(4,5)6/h8-9,11-12,15,17,20-21,29,34H,2,7,10,13-14,16H2,1,3-6H3,(H,26,30)(H,27,32). The maximum Gasteiger partial charge on any atom is 0.408 e. The Kier molecular flexibility index (Phi) is 12.2. The number of hydrogen-bond donors (Lipinski definition) is 4. The Bertz CT molecular complexity index is 840. The fourth-order valence-corrected chi connectivity index (χ4v) is 3.71. The molecule has 0 fully saturated rings. The number of aliphatic hydroxyl groups is 1. The minimum absolute atomic E-state index is 0.0206. The van der Waals surface area contributed by atoms with Crippen LogP contribution in [0.3, 0.4) is 0 Å². The maximum absolute atomic E-state index is 13.5. The molecule has 0 aliphatic carbocycles. The number of benzene rings is 1. The Balaban J connectivity index is 3.37. The van der Waals surface area contributed by atoms with Crippen LogP contribution in [0.1, 0.15) is 64.6 Å². The average molecular weight is 494 g/mol. The summed E-state index contributed by atoms with van der Waals surface area (Å²) in [5.74, 6) is -0.950. The van der Waals surface area contributed by atoms with Crippen LogP contribution in [0, 0.1) is 0 Å². The molecule has 9 heteroatoms. The van der Waals surface area contributed by atoms with E-state index >= 15 is 0 Å². The number of carbonyl (C=O) groups is 3. The number of nitrogens with zero attached hydrogens (tertiary/aromatic N) is 1. The van der Waals surface area contributed by atoms with E-state index in [0.29, 0.717) is 5.56 Å². The van der Waals surface area contributed by atoms with E-state index in [9.17, 15) is 19.5 Å². The SMILES string of the molecule is C=Cc1cccc(C(C(=O)NC(C)CCC)N(CCO)C(=O)C(CS)NC(=O)OC(C)(C)C)c1. The molecular weight excluding hydrogens is 454 g/mol. The summed E-state index contributed by atoms with van der Waals surface area (Å²) in [6.07, 6.45) is 2.55. The molecule has 0 aromatic heterocycles.